The number of methoxy groups -OCH3 is 3. The van der Waals surface area contributed by atoms with E-state index in [4.69, 9.17) is 24.7 Å². The minimum absolute atomic E-state index is 0.140. The first-order chi connectivity index (χ1) is 11.6. The van der Waals surface area contributed by atoms with Crippen LogP contribution < -0.4 is 19.9 Å². The fraction of sp³-hybridized carbons (Fsp3) is 0.357. The summed E-state index contributed by atoms with van der Waals surface area (Å²) >= 11 is 2.68. The molecule has 1 aromatic heterocycles. The second kappa shape index (κ2) is 6.73. The molecule has 0 atom stereocenters. The van der Waals surface area contributed by atoms with Crippen LogP contribution in [-0.2, 0) is 17.1 Å². The number of fused-ring (bicyclic) bond motifs is 1. The molecule has 1 aromatic carbocycles. The number of hydrogen-bond donors (Lipinski definition) is 1. The summed E-state index contributed by atoms with van der Waals surface area (Å²) in [6.45, 7) is 0.140. The molecule has 2 aromatic rings. The molecule has 2 heterocycles. The lowest BCUT2D eigenvalue weighted by Gasteiger charge is -2.18. The highest BCUT2D eigenvalue weighted by Crippen LogP contribution is 2.49. The normalized spacial score (nSPS) is 12.7. The maximum absolute atomic E-state index is 12.2. The number of benzene rings is 1. The van der Waals surface area contributed by atoms with Crippen molar-refractivity contribution in [2.45, 2.75) is 16.7 Å². The van der Waals surface area contributed by atoms with Crippen LogP contribution in [0.2, 0.25) is 0 Å². The molecule has 0 aliphatic carbocycles. The summed E-state index contributed by atoms with van der Waals surface area (Å²) < 4.78 is 22.2. The Bertz CT molecular complexity index is 793. The summed E-state index contributed by atoms with van der Waals surface area (Å²) in [5.41, 5.74) is 7.38. The van der Waals surface area contributed by atoms with Crippen molar-refractivity contribution < 1.29 is 23.7 Å². The van der Waals surface area contributed by atoms with Gasteiger partial charge < -0.3 is 24.7 Å². The summed E-state index contributed by atoms with van der Waals surface area (Å²) in [5.74, 6) is 1.34. The zero-order valence-corrected chi connectivity index (χ0v) is 14.9. The predicted octanol–water partition coefficient (Wildman–Crippen LogP) is 2.11. The molecule has 10 heteroatoms. The Balaban J connectivity index is 2.09. The topological polar surface area (TPSA) is 106 Å². The second-order valence-electron chi connectivity index (χ2n) is 4.70. The highest BCUT2D eigenvalue weighted by Gasteiger charge is 2.35. The lowest BCUT2D eigenvalue weighted by Crippen LogP contribution is -2.06. The molecule has 0 bridgehead atoms. The van der Waals surface area contributed by atoms with Gasteiger partial charge >= 0.3 is 5.97 Å². The highest BCUT2D eigenvalue weighted by molar-refractivity contribution is 8.00. The van der Waals surface area contributed by atoms with E-state index < -0.39 is 5.97 Å². The maximum atomic E-state index is 12.2. The lowest BCUT2D eigenvalue weighted by molar-refractivity contribution is 0.0533. The van der Waals surface area contributed by atoms with E-state index in [1.807, 2.05) is 0 Å². The number of nitrogens with zero attached hydrogens (tertiary/aromatic N) is 2. The van der Waals surface area contributed by atoms with Crippen molar-refractivity contribution in [1.82, 2.24) is 10.2 Å². The average molecular weight is 369 g/mol. The molecular formula is C14H15N3O5S2. The number of ether oxygens (including phenoxy) is 4. The highest BCUT2D eigenvalue weighted by atomic mass is 32.2. The van der Waals surface area contributed by atoms with Crippen LogP contribution in [0.3, 0.4) is 0 Å². The van der Waals surface area contributed by atoms with Crippen molar-refractivity contribution in [2.75, 3.05) is 27.1 Å². The van der Waals surface area contributed by atoms with Crippen molar-refractivity contribution in [3.8, 4) is 17.2 Å². The molecule has 0 fully saturated rings. The summed E-state index contributed by atoms with van der Waals surface area (Å²) in [7, 11) is 4.55. The van der Waals surface area contributed by atoms with Crippen LogP contribution in [0.4, 0.5) is 5.13 Å². The maximum Gasteiger partial charge on any atom is 0.339 e. The van der Waals surface area contributed by atoms with Crippen LogP contribution in [0.1, 0.15) is 21.5 Å². The zero-order valence-electron chi connectivity index (χ0n) is 13.2. The van der Waals surface area contributed by atoms with Crippen LogP contribution in [-0.4, -0.2) is 37.5 Å². The number of carbonyl (C=O) groups excluding carboxylic acids is 1. The Labute approximate surface area is 146 Å². The minimum Gasteiger partial charge on any atom is -0.492 e. The first-order valence-corrected chi connectivity index (χ1v) is 8.63. The molecule has 0 spiro atoms. The van der Waals surface area contributed by atoms with E-state index in [2.05, 4.69) is 10.2 Å². The SMILES string of the molecule is COc1c2c(c(CSc3nnc(N)s3)c(OC)c1OC)C(=O)OC2. The number of carbonyl (C=O) groups is 1. The smallest absolute Gasteiger partial charge is 0.339 e. The number of aromatic nitrogens is 2. The van der Waals surface area contributed by atoms with Crippen molar-refractivity contribution in [3.63, 3.8) is 0 Å². The number of hydrogen-bond acceptors (Lipinski definition) is 10. The van der Waals surface area contributed by atoms with Gasteiger partial charge in [0.15, 0.2) is 15.8 Å². The Morgan fingerprint density at radius 1 is 1.17 bits per heavy atom. The van der Waals surface area contributed by atoms with Crippen molar-refractivity contribution in [3.05, 3.63) is 16.7 Å². The van der Waals surface area contributed by atoms with Gasteiger partial charge in [-0.1, -0.05) is 23.1 Å². The molecule has 0 amide bonds. The fourth-order valence-corrected chi connectivity index (χ4v) is 4.20. The van der Waals surface area contributed by atoms with Gasteiger partial charge in [0, 0.05) is 11.3 Å². The molecular weight excluding hydrogens is 354 g/mol. The van der Waals surface area contributed by atoms with Gasteiger partial charge in [-0.25, -0.2) is 4.79 Å². The molecule has 0 saturated heterocycles. The van der Waals surface area contributed by atoms with Crippen LogP contribution in [0.5, 0.6) is 17.2 Å². The summed E-state index contributed by atoms with van der Waals surface area (Å²) in [4.78, 5) is 12.2. The van der Waals surface area contributed by atoms with Gasteiger partial charge in [0.2, 0.25) is 10.9 Å². The van der Waals surface area contributed by atoms with Crippen LogP contribution in [0.15, 0.2) is 4.34 Å². The van der Waals surface area contributed by atoms with E-state index in [1.54, 1.807) is 0 Å². The standard InChI is InChI=1S/C14H15N3O5S2/c1-19-9-6-4-22-12(18)8(6)7(10(20-2)11(9)21-3)5-23-14-17-16-13(15)24-14/h4-5H2,1-3H3,(H2,15,16). The van der Waals surface area contributed by atoms with Gasteiger partial charge in [-0.2, -0.15) is 0 Å². The third kappa shape index (κ3) is 2.71. The molecule has 0 radical (unpaired) electrons. The first-order valence-electron chi connectivity index (χ1n) is 6.83. The summed E-state index contributed by atoms with van der Waals surface area (Å²) in [6.07, 6.45) is 0. The molecule has 24 heavy (non-hydrogen) atoms. The van der Waals surface area contributed by atoms with E-state index >= 15 is 0 Å². The van der Waals surface area contributed by atoms with Gasteiger partial charge in [-0.15, -0.1) is 10.2 Å². The summed E-state index contributed by atoms with van der Waals surface area (Å²) in [5, 5.41) is 8.14. The van der Waals surface area contributed by atoms with Crippen LogP contribution >= 0.6 is 23.1 Å². The largest absolute Gasteiger partial charge is 0.492 e. The Morgan fingerprint density at radius 2 is 1.88 bits per heavy atom. The number of nitrogen functional groups attached to an aromatic ring is 1. The molecule has 3 rings (SSSR count). The monoisotopic (exact) mass is 369 g/mol. The average Bonchev–Trinajstić information content (AvgIpc) is 3.17. The van der Waals surface area contributed by atoms with E-state index in [-0.39, 0.29) is 6.61 Å². The van der Waals surface area contributed by atoms with Crippen LogP contribution in [0, 0.1) is 0 Å². The number of cyclic esters (lactones) is 1. The zero-order chi connectivity index (χ0) is 17.3. The first kappa shape index (κ1) is 16.7. The predicted molar refractivity (Wildman–Crippen MR) is 89.1 cm³/mol. The number of rotatable bonds is 6. The third-order valence-corrected chi connectivity index (χ3v) is 5.40. The Kier molecular flexibility index (Phi) is 4.67. The van der Waals surface area contributed by atoms with E-state index in [0.29, 0.717) is 49.2 Å². The van der Waals surface area contributed by atoms with Gasteiger partial charge in [0.05, 0.1) is 32.5 Å². The second-order valence-corrected chi connectivity index (χ2v) is 6.93. The third-order valence-electron chi connectivity index (χ3n) is 3.49. The lowest BCUT2D eigenvalue weighted by atomic mass is 10.0. The Hall–Kier alpha value is -2.20. The van der Waals surface area contributed by atoms with E-state index in [0.717, 1.165) is 0 Å². The molecule has 1 aliphatic rings. The molecule has 128 valence electrons. The van der Waals surface area contributed by atoms with E-state index in [9.17, 15) is 4.79 Å². The van der Waals surface area contributed by atoms with Gasteiger partial charge in [0.1, 0.15) is 6.61 Å². The number of thioether (sulfide) groups is 1. The molecule has 8 nitrogen and oxygen atoms in total. The molecule has 1 aliphatic heterocycles. The molecule has 0 unspecified atom stereocenters. The summed E-state index contributed by atoms with van der Waals surface area (Å²) in [6, 6.07) is 0. The Morgan fingerprint density at radius 3 is 2.46 bits per heavy atom. The van der Waals surface area contributed by atoms with Crippen molar-refractivity contribution in [1.29, 1.82) is 0 Å². The quantitative estimate of drug-likeness (QED) is 0.605. The number of anilines is 1. The van der Waals surface area contributed by atoms with Gasteiger partial charge in [0.25, 0.3) is 0 Å². The van der Waals surface area contributed by atoms with Crippen molar-refractivity contribution in [2.24, 2.45) is 0 Å². The number of esters is 1. The molecule has 0 saturated carbocycles. The van der Waals surface area contributed by atoms with Crippen molar-refractivity contribution >= 4 is 34.2 Å². The molecule has 2 N–H and O–H groups in total. The fourth-order valence-electron chi connectivity index (χ4n) is 2.55. The van der Waals surface area contributed by atoms with Gasteiger partial charge in [-0.05, 0) is 0 Å². The van der Waals surface area contributed by atoms with E-state index in [1.165, 1.54) is 44.4 Å². The van der Waals surface area contributed by atoms with Gasteiger partial charge in [-0.3, -0.25) is 0 Å². The minimum atomic E-state index is -0.406. The van der Waals surface area contributed by atoms with Crippen LogP contribution in [0.25, 0.3) is 0 Å². The number of nitrogens with two attached hydrogens (primary N) is 1.